The topological polar surface area (TPSA) is 88.3 Å². The highest BCUT2D eigenvalue weighted by atomic mass is 19.4. The number of fused-ring (bicyclic) bond motifs is 1. The summed E-state index contributed by atoms with van der Waals surface area (Å²) in [6, 6.07) is 5.41. The number of halogens is 3. The minimum atomic E-state index is -4.53. The van der Waals surface area contributed by atoms with Crippen LogP contribution >= 0.6 is 0 Å². The molecule has 1 aliphatic heterocycles. The molecule has 1 atom stereocenters. The lowest BCUT2D eigenvalue weighted by Gasteiger charge is -2.17. The lowest BCUT2D eigenvalue weighted by Crippen LogP contribution is -2.37. The molecule has 0 aromatic carbocycles. The Morgan fingerprint density at radius 1 is 1.22 bits per heavy atom. The zero-order valence-corrected chi connectivity index (χ0v) is 13.9. The molecule has 1 amide bonds. The van der Waals surface area contributed by atoms with E-state index in [9.17, 15) is 18.0 Å². The molecule has 1 aliphatic rings. The molecule has 4 heterocycles. The lowest BCUT2D eigenvalue weighted by atomic mass is 10.2. The first-order valence-corrected chi connectivity index (χ1v) is 8.16. The molecule has 3 aromatic rings. The number of carbonyl (C=O) groups excluding carboxylic acids is 1. The van der Waals surface area contributed by atoms with E-state index in [1.807, 2.05) is 11.0 Å². The number of rotatable bonds is 3. The molecule has 27 heavy (non-hydrogen) atoms. The Bertz CT molecular complexity index is 970. The van der Waals surface area contributed by atoms with Crippen LogP contribution in [0.15, 0.2) is 36.8 Å². The maximum atomic E-state index is 12.5. The molecule has 0 radical (unpaired) electrons. The van der Waals surface area contributed by atoms with Crippen LogP contribution in [0.3, 0.4) is 0 Å². The van der Waals surface area contributed by atoms with Crippen molar-refractivity contribution in [1.82, 2.24) is 30.1 Å². The highest BCUT2D eigenvalue weighted by Crippen LogP contribution is 2.27. The monoisotopic (exact) mass is 377 g/mol. The summed E-state index contributed by atoms with van der Waals surface area (Å²) in [7, 11) is 0. The van der Waals surface area contributed by atoms with Gasteiger partial charge in [-0.05, 0) is 30.7 Å². The Kier molecular flexibility index (Phi) is 4.13. The van der Waals surface area contributed by atoms with Gasteiger partial charge >= 0.3 is 6.18 Å². The van der Waals surface area contributed by atoms with Crippen molar-refractivity contribution in [2.45, 2.75) is 18.6 Å². The maximum absolute atomic E-state index is 12.5. The van der Waals surface area contributed by atoms with Gasteiger partial charge in [0.2, 0.25) is 0 Å². The fourth-order valence-electron chi connectivity index (χ4n) is 2.94. The fraction of sp³-hybridized carbons (Fsp3) is 0.312. The van der Waals surface area contributed by atoms with Crippen LogP contribution in [0.5, 0.6) is 0 Å². The summed E-state index contributed by atoms with van der Waals surface area (Å²) in [6.07, 6.45) is -1.39. The number of aromatic nitrogens is 5. The van der Waals surface area contributed by atoms with E-state index < -0.39 is 17.8 Å². The molecule has 1 saturated heterocycles. The summed E-state index contributed by atoms with van der Waals surface area (Å²) in [5.41, 5.74) is -0.301. The average Bonchev–Trinajstić information content (AvgIpc) is 3.29. The molecule has 3 aromatic heterocycles. The van der Waals surface area contributed by atoms with Crippen LogP contribution in [0, 0.1) is 0 Å². The highest BCUT2D eigenvalue weighted by molar-refractivity contribution is 5.94. The molecule has 1 N–H and O–H groups in total. The summed E-state index contributed by atoms with van der Waals surface area (Å²) in [5, 5.41) is 14.9. The van der Waals surface area contributed by atoms with Crippen molar-refractivity contribution in [2.75, 3.05) is 18.0 Å². The van der Waals surface area contributed by atoms with Gasteiger partial charge in [0.05, 0.1) is 5.56 Å². The van der Waals surface area contributed by atoms with Crippen LogP contribution in [0.4, 0.5) is 19.0 Å². The van der Waals surface area contributed by atoms with Crippen molar-refractivity contribution in [2.24, 2.45) is 0 Å². The molecule has 0 spiro atoms. The van der Waals surface area contributed by atoms with Crippen LogP contribution < -0.4 is 10.2 Å². The van der Waals surface area contributed by atoms with E-state index >= 15 is 0 Å². The first-order chi connectivity index (χ1) is 12.9. The number of nitrogens with zero attached hydrogens (tertiary/aromatic N) is 6. The Labute approximate surface area is 151 Å². The normalized spacial score (nSPS) is 17.4. The standard InChI is InChI=1S/C16H14F3N7O/c17-16(18,19)12-2-1-10(7-20-12)15(27)22-11-5-6-25(8-11)14-4-3-13-23-21-9-26(13)24-14/h1-4,7,9,11H,5-6,8H2,(H,22,27)/t11-/m0/s1. The summed E-state index contributed by atoms with van der Waals surface area (Å²) in [4.78, 5) is 17.6. The number of hydrogen-bond donors (Lipinski definition) is 1. The van der Waals surface area contributed by atoms with Gasteiger partial charge in [-0.2, -0.15) is 17.7 Å². The molecular formula is C16H14F3N7O. The molecule has 11 heteroatoms. The third-order valence-electron chi connectivity index (χ3n) is 4.31. The molecular weight excluding hydrogens is 363 g/mol. The zero-order chi connectivity index (χ0) is 19.0. The van der Waals surface area contributed by atoms with Gasteiger partial charge < -0.3 is 10.2 Å². The SMILES string of the molecule is O=C(N[C@H]1CCN(c2ccc3nncn3n2)C1)c1ccc(C(F)(F)F)nc1. The molecule has 4 rings (SSSR count). The van der Waals surface area contributed by atoms with Crippen LogP contribution in [-0.2, 0) is 6.18 Å². The summed E-state index contributed by atoms with van der Waals surface area (Å²) in [5.74, 6) is 0.278. The number of pyridine rings is 1. The number of hydrogen-bond acceptors (Lipinski definition) is 6. The third kappa shape index (κ3) is 3.52. The van der Waals surface area contributed by atoms with Gasteiger partial charge in [-0.3, -0.25) is 9.78 Å². The Hall–Kier alpha value is -3.24. The Balaban J connectivity index is 1.39. The third-order valence-corrected chi connectivity index (χ3v) is 4.31. The van der Waals surface area contributed by atoms with Crippen molar-refractivity contribution in [1.29, 1.82) is 0 Å². The van der Waals surface area contributed by atoms with Gasteiger partial charge in [0.1, 0.15) is 17.8 Å². The minimum absolute atomic E-state index is 0.0884. The lowest BCUT2D eigenvalue weighted by molar-refractivity contribution is -0.141. The van der Waals surface area contributed by atoms with Gasteiger partial charge in [-0.15, -0.1) is 15.3 Å². The summed E-state index contributed by atoms with van der Waals surface area (Å²) < 4.78 is 39.2. The number of amides is 1. The smallest absolute Gasteiger partial charge is 0.353 e. The zero-order valence-electron chi connectivity index (χ0n) is 13.9. The second-order valence-electron chi connectivity index (χ2n) is 6.16. The number of nitrogens with one attached hydrogen (secondary N) is 1. The van der Waals surface area contributed by atoms with Crippen molar-refractivity contribution in [3.05, 3.63) is 48.0 Å². The molecule has 0 saturated carbocycles. The van der Waals surface area contributed by atoms with E-state index in [1.54, 1.807) is 10.6 Å². The van der Waals surface area contributed by atoms with E-state index in [4.69, 9.17) is 0 Å². The number of carbonyl (C=O) groups is 1. The molecule has 0 unspecified atom stereocenters. The van der Waals surface area contributed by atoms with Gasteiger partial charge in [0.15, 0.2) is 5.65 Å². The van der Waals surface area contributed by atoms with Gasteiger partial charge in [-0.25, -0.2) is 0 Å². The summed E-state index contributed by atoms with van der Waals surface area (Å²) >= 11 is 0. The second-order valence-corrected chi connectivity index (χ2v) is 6.16. The molecule has 1 fully saturated rings. The summed E-state index contributed by atoms with van der Waals surface area (Å²) in [6.45, 7) is 1.23. The highest BCUT2D eigenvalue weighted by Gasteiger charge is 2.32. The molecule has 0 aliphatic carbocycles. The van der Waals surface area contributed by atoms with Crippen LogP contribution in [-0.4, -0.2) is 49.8 Å². The fourth-order valence-corrected chi connectivity index (χ4v) is 2.94. The van der Waals surface area contributed by atoms with Gasteiger partial charge in [0, 0.05) is 25.3 Å². The maximum Gasteiger partial charge on any atom is 0.433 e. The van der Waals surface area contributed by atoms with Gasteiger partial charge in [0.25, 0.3) is 5.91 Å². The Morgan fingerprint density at radius 3 is 2.81 bits per heavy atom. The molecule has 0 bridgehead atoms. The van der Waals surface area contributed by atoms with Crippen molar-refractivity contribution >= 4 is 17.4 Å². The Morgan fingerprint density at radius 2 is 2.07 bits per heavy atom. The van der Waals surface area contributed by atoms with Crippen molar-refractivity contribution < 1.29 is 18.0 Å². The van der Waals surface area contributed by atoms with Crippen LogP contribution in [0.1, 0.15) is 22.5 Å². The first kappa shape index (κ1) is 17.2. The van der Waals surface area contributed by atoms with E-state index in [-0.39, 0.29) is 11.6 Å². The van der Waals surface area contributed by atoms with Crippen LogP contribution in [0.25, 0.3) is 5.65 Å². The van der Waals surface area contributed by atoms with Crippen molar-refractivity contribution in [3.8, 4) is 0 Å². The molecule has 8 nitrogen and oxygen atoms in total. The minimum Gasteiger partial charge on any atom is -0.353 e. The van der Waals surface area contributed by atoms with Crippen LogP contribution in [0.2, 0.25) is 0 Å². The predicted octanol–water partition coefficient (Wildman–Crippen LogP) is 1.55. The van der Waals surface area contributed by atoms with E-state index in [0.29, 0.717) is 25.2 Å². The quantitative estimate of drug-likeness (QED) is 0.745. The van der Waals surface area contributed by atoms with E-state index in [0.717, 1.165) is 24.1 Å². The largest absolute Gasteiger partial charge is 0.433 e. The predicted molar refractivity (Wildman–Crippen MR) is 88.1 cm³/mol. The van der Waals surface area contributed by atoms with Crippen molar-refractivity contribution in [3.63, 3.8) is 0 Å². The molecule has 140 valence electrons. The van der Waals surface area contributed by atoms with E-state index in [2.05, 4.69) is 25.6 Å². The number of alkyl halides is 3. The van der Waals surface area contributed by atoms with E-state index in [1.165, 1.54) is 6.33 Å². The first-order valence-electron chi connectivity index (χ1n) is 8.16. The number of anilines is 1. The average molecular weight is 377 g/mol. The second kappa shape index (κ2) is 6.49. The van der Waals surface area contributed by atoms with Gasteiger partial charge in [-0.1, -0.05) is 0 Å².